The van der Waals surface area contributed by atoms with Gasteiger partial charge in [-0.15, -0.1) is 0 Å². The smallest absolute Gasteiger partial charge is 0.234 e. The van der Waals surface area contributed by atoms with E-state index in [-0.39, 0.29) is 16.6 Å². The van der Waals surface area contributed by atoms with Crippen molar-refractivity contribution in [1.82, 2.24) is 10.6 Å². The number of rotatable bonds is 16. The Morgan fingerprint density at radius 2 is 0.824 bits per heavy atom. The number of hydrogen-bond donors (Lipinski definition) is 4. The number of carbonyl (C=O) groups is 2. The highest BCUT2D eigenvalue weighted by atomic mass is 127. The Labute approximate surface area is 455 Å². The van der Waals surface area contributed by atoms with Crippen LogP contribution in [0.3, 0.4) is 0 Å². The minimum atomic E-state index is 0.0504. The summed E-state index contributed by atoms with van der Waals surface area (Å²) < 4.78 is 2.57. The third-order valence-electron chi connectivity index (χ3n) is 9.21. The lowest BCUT2D eigenvalue weighted by molar-refractivity contribution is -0.114. The maximum absolute atomic E-state index is 11.8. The van der Waals surface area contributed by atoms with Gasteiger partial charge in [-0.05, 0) is 159 Å². The summed E-state index contributed by atoms with van der Waals surface area (Å²) in [6, 6.07) is 53.3. The van der Waals surface area contributed by atoms with E-state index >= 15 is 0 Å². The quantitative estimate of drug-likeness (QED) is 0.0564. The highest BCUT2D eigenvalue weighted by Gasteiger charge is 2.16. The lowest BCUT2D eigenvalue weighted by Gasteiger charge is -2.23. The van der Waals surface area contributed by atoms with Crippen LogP contribution in [0.1, 0.15) is 47.2 Å². The Balaban J connectivity index is 0.000000440. The van der Waals surface area contributed by atoms with Gasteiger partial charge in [-0.1, -0.05) is 144 Å². The second kappa shape index (κ2) is 39.7. The highest BCUT2D eigenvalue weighted by molar-refractivity contribution is 14.1. The molecule has 12 heteroatoms. The Morgan fingerprint density at radius 3 is 1.10 bits per heavy atom. The molecule has 6 rings (SSSR count). The minimum absolute atomic E-state index is 0.0504. The summed E-state index contributed by atoms with van der Waals surface area (Å²) in [5, 5.41) is 12.8. The summed E-state index contributed by atoms with van der Waals surface area (Å²) in [6.07, 6.45) is 8.08. The molecule has 0 unspecified atom stereocenters. The minimum Gasteiger partial charge on any atom is -0.325 e. The number of anilines is 2. The zero-order valence-corrected chi connectivity index (χ0v) is 49.2. The van der Waals surface area contributed by atoms with E-state index in [0.717, 1.165) is 54.4 Å². The monoisotopic (exact) mass is 1220 g/mol. The van der Waals surface area contributed by atoms with Crippen LogP contribution < -0.4 is 21.3 Å². The summed E-state index contributed by atoms with van der Waals surface area (Å²) >= 11 is 11.3. The molecule has 6 nitrogen and oxygen atoms in total. The predicted octanol–water partition coefficient (Wildman–Crippen LogP) is 14.8. The van der Waals surface area contributed by atoms with Crippen molar-refractivity contribution in [3.63, 3.8) is 0 Å². The van der Waals surface area contributed by atoms with Gasteiger partial charge in [-0.2, -0.15) is 47.0 Å². The molecule has 0 aliphatic heterocycles. The van der Waals surface area contributed by atoms with Crippen molar-refractivity contribution >= 4 is 115 Å². The number of hydrogen-bond acceptors (Lipinski definition) is 8. The normalized spacial score (nSPS) is 10.1. The lowest BCUT2D eigenvalue weighted by Crippen LogP contribution is -2.31. The number of benzene rings is 6. The molecule has 0 saturated carbocycles. The van der Waals surface area contributed by atoms with Crippen molar-refractivity contribution in [1.29, 1.82) is 0 Å². The van der Waals surface area contributed by atoms with Crippen LogP contribution in [0, 0.1) is 34.8 Å². The van der Waals surface area contributed by atoms with Gasteiger partial charge in [0.05, 0.1) is 11.5 Å². The van der Waals surface area contributed by atoms with Gasteiger partial charge in [0.1, 0.15) is 0 Å². The molecule has 0 bridgehead atoms. The molecule has 68 heavy (non-hydrogen) atoms. The fourth-order valence-electron chi connectivity index (χ4n) is 5.40. The van der Waals surface area contributed by atoms with Gasteiger partial charge in [0.25, 0.3) is 0 Å². The van der Waals surface area contributed by atoms with Gasteiger partial charge in [0, 0.05) is 55.2 Å². The number of thioether (sulfide) groups is 4. The van der Waals surface area contributed by atoms with E-state index in [1.54, 1.807) is 0 Å². The molecule has 368 valence electrons. The lowest BCUT2D eigenvalue weighted by atomic mass is 10.1. The van der Waals surface area contributed by atoms with Crippen LogP contribution >= 0.6 is 92.2 Å². The third kappa shape index (κ3) is 33.6. The maximum atomic E-state index is 11.8. The Hall–Kier alpha value is -2.96. The molecule has 0 spiro atoms. The summed E-state index contributed by atoms with van der Waals surface area (Å²) in [4.78, 5) is 23.4. The van der Waals surface area contributed by atoms with Gasteiger partial charge in [0.15, 0.2) is 0 Å². The van der Waals surface area contributed by atoms with Crippen molar-refractivity contribution in [3.05, 3.63) is 198 Å². The Morgan fingerprint density at radius 1 is 0.485 bits per heavy atom. The summed E-state index contributed by atoms with van der Waals surface area (Å²) in [5.41, 5.74) is 9.38. The molecule has 4 N–H and O–H groups in total. The van der Waals surface area contributed by atoms with Crippen molar-refractivity contribution in [3.8, 4) is 0 Å². The molecular weight excluding hydrogens is 1140 g/mol. The fourth-order valence-corrected chi connectivity index (χ4v) is 7.78. The van der Waals surface area contributed by atoms with Crippen LogP contribution in [0.15, 0.2) is 158 Å². The molecule has 6 aromatic carbocycles. The van der Waals surface area contributed by atoms with Crippen LogP contribution in [0.25, 0.3) is 0 Å². The van der Waals surface area contributed by atoms with Gasteiger partial charge in [-0.3, -0.25) is 9.59 Å². The number of carbonyl (C=O) groups excluding carboxylic acids is 2. The largest absolute Gasteiger partial charge is 0.325 e. The zero-order valence-electron chi connectivity index (χ0n) is 41.7. The fraction of sp³-hybridized carbons (Fsp3) is 0.321. The van der Waals surface area contributed by atoms with Gasteiger partial charge >= 0.3 is 0 Å². The van der Waals surface area contributed by atoms with Gasteiger partial charge in [0.2, 0.25) is 11.8 Å². The topological polar surface area (TPSA) is 82.3 Å². The van der Waals surface area contributed by atoms with E-state index in [1.807, 2.05) is 133 Å². The first kappa shape index (κ1) is 63.1. The molecular formula is C56H74I2N4O2S4. The van der Waals surface area contributed by atoms with E-state index in [4.69, 9.17) is 0 Å². The first-order valence-electron chi connectivity index (χ1n) is 22.3. The Bertz CT molecular complexity index is 2060. The number of amides is 2. The summed E-state index contributed by atoms with van der Waals surface area (Å²) in [7, 11) is 0. The van der Waals surface area contributed by atoms with Crippen molar-refractivity contribution in [2.45, 2.75) is 59.4 Å². The second-order valence-electron chi connectivity index (χ2n) is 15.9. The highest BCUT2D eigenvalue weighted by Crippen LogP contribution is 2.23. The van der Waals surface area contributed by atoms with Crippen LogP contribution in [0.5, 0.6) is 0 Å². The third-order valence-corrected chi connectivity index (χ3v) is 13.5. The molecule has 6 aromatic rings. The van der Waals surface area contributed by atoms with E-state index in [2.05, 4.69) is 181 Å². The molecule has 0 saturated heterocycles. The number of aryl methyl sites for hydroxylation is 4. The SMILES string of the molecule is CSCC(=O)Nc1ccc(I)cc1CNCC(C)(C)SC.CSCCNCc1cc(I)ccc1NC(=O)CSC.Cc1ccccc1.Cc1ccccc1.Cc1ccccc1.Cc1ccccc1. The van der Waals surface area contributed by atoms with E-state index < -0.39 is 0 Å². The number of halogens is 2. The maximum Gasteiger partial charge on any atom is 0.234 e. The van der Waals surface area contributed by atoms with Crippen LogP contribution in [0.2, 0.25) is 0 Å². The van der Waals surface area contributed by atoms with Crippen molar-refractivity contribution in [2.75, 3.05) is 66.0 Å². The molecule has 0 atom stereocenters. The second-order valence-corrected chi connectivity index (χ2v) is 22.6. The molecule has 0 heterocycles. The van der Waals surface area contributed by atoms with Crippen LogP contribution in [0.4, 0.5) is 11.4 Å². The predicted molar refractivity (Wildman–Crippen MR) is 326 cm³/mol. The van der Waals surface area contributed by atoms with Crippen molar-refractivity contribution in [2.24, 2.45) is 0 Å². The standard InChI is InChI=1S/C15H23IN2OS2.C13H19IN2OS2.4C7H8/c1-15(2,21-4)10-17-8-11-7-12(16)5-6-13(11)18-14(19)9-20-3;1-18-6-5-15-8-10-7-11(14)3-4-12(10)16-13(17)9-19-2;4*1-7-5-3-2-4-6-7/h5-7,17H,8-10H2,1-4H3,(H,18,19);3-4,7,15H,5-6,8-9H2,1-2H3,(H,16,17);4*2-6H,1H3. The Kier molecular flexibility index (Phi) is 36.8. The molecule has 0 aliphatic carbocycles. The van der Waals surface area contributed by atoms with E-state index in [0.29, 0.717) is 11.5 Å². The average Bonchev–Trinajstić information content (AvgIpc) is 3.32. The van der Waals surface area contributed by atoms with Crippen molar-refractivity contribution < 1.29 is 9.59 Å². The van der Waals surface area contributed by atoms with Crippen LogP contribution in [-0.2, 0) is 22.7 Å². The van der Waals surface area contributed by atoms with E-state index in [1.165, 1.54) is 52.9 Å². The summed E-state index contributed by atoms with van der Waals surface area (Å²) in [6.45, 7) is 16.2. The molecule has 0 aliphatic rings. The average molecular weight is 1220 g/mol. The van der Waals surface area contributed by atoms with Gasteiger partial charge < -0.3 is 21.3 Å². The number of nitrogens with one attached hydrogen (secondary N) is 4. The molecule has 2 amide bonds. The first-order valence-corrected chi connectivity index (χ1v) is 29.9. The molecule has 0 radical (unpaired) electrons. The van der Waals surface area contributed by atoms with Gasteiger partial charge in [-0.25, -0.2) is 0 Å². The zero-order chi connectivity index (χ0) is 50.4. The molecule has 0 fully saturated rings. The summed E-state index contributed by atoms with van der Waals surface area (Å²) in [5.74, 6) is 2.18. The first-order chi connectivity index (χ1) is 32.6. The van der Waals surface area contributed by atoms with E-state index in [9.17, 15) is 9.59 Å². The molecule has 0 aromatic heterocycles. The van der Waals surface area contributed by atoms with Crippen LogP contribution in [-0.4, -0.2) is 71.9 Å².